The van der Waals surface area contributed by atoms with E-state index in [-0.39, 0.29) is 5.41 Å². The number of nitriles is 1. The van der Waals surface area contributed by atoms with E-state index in [1.807, 2.05) is 24.0 Å². The number of amides is 3. The second-order valence-corrected chi connectivity index (χ2v) is 9.37. The number of nitrogens with two attached hydrogens (primary N) is 1. The molecule has 3 amide bonds. The van der Waals surface area contributed by atoms with E-state index in [1.54, 1.807) is 18.2 Å². The van der Waals surface area contributed by atoms with Gasteiger partial charge in [-0.2, -0.15) is 18.4 Å². The Morgan fingerprint density at radius 1 is 1.14 bits per heavy atom. The minimum Gasteiger partial charge on any atom is -0.371 e. The SMILES string of the molecule is Cc1ccc(NC(=O)N2CC3(CCN(c4ccc(C#N)c(C(F)(F)F)c4)CC3)CC2C(N)=O)cc1. The van der Waals surface area contributed by atoms with Crippen LogP contribution in [0.5, 0.6) is 0 Å². The van der Waals surface area contributed by atoms with Crippen molar-refractivity contribution in [1.82, 2.24) is 4.90 Å². The summed E-state index contributed by atoms with van der Waals surface area (Å²) in [6, 6.07) is 11.5. The number of carbonyl (C=O) groups excluding carboxylic acids is 2. The predicted molar refractivity (Wildman–Crippen MR) is 125 cm³/mol. The number of piperidine rings is 1. The largest absolute Gasteiger partial charge is 0.417 e. The zero-order chi connectivity index (χ0) is 25.4. The molecule has 4 rings (SSSR count). The predicted octanol–water partition coefficient (Wildman–Crippen LogP) is 4.26. The number of benzene rings is 2. The van der Waals surface area contributed by atoms with Gasteiger partial charge in [0.15, 0.2) is 0 Å². The van der Waals surface area contributed by atoms with Crippen LogP contribution in [0, 0.1) is 23.7 Å². The Labute approximate surface area is 201 Å². The molecule has 3 N–H and O–H groups in total. The molecule has 2 heterocycles. The van der Waals surface area contributed by atoms with E-state index in [0.29, 0.717) is 50.3 Å². The number of carbonyl (C=O) groups is 2. The van der Waals surface area contributed by atoms with Gasteiger partial charge in [-0.15, -0.1) is 0 Å². The molecule has 0 radical (unpaired) electrons. The number of rotatable bonds is 3. The molecule has 1 unspecified atom stereocenters. The summed E-state index contributed by atoms with van der Waals surface area (Å²) in [4.78, 5) is 28.5. The molecule has 184 valence electrons. The van der Waals surface area contributed by atoms with Crippen LogP contribution >= 0.6 is 0 Å². The van der Waals surface area contributed by atoms with Crippen molar-refractivity contribution in [1.29, 1.82) is 5.26 Å². The van der Waals surface area contributed by atoms with E-state index < -0.39 is 35.3 Å². The van der Waals surface area contributed by atoms with Crippen LogP contribution in [0.1, 0.15) is 36.0 Å². The van der Waals surface area contributed by atoms with Crippen molar-refractivity contribution in [3.8, 4) is 6.07 Å². The molecule has 2 aliphatic heterocycles. The molecule has 2 fully saturated rings. The second-order valence-electron chi connectivity index (χ2n) is 9.37. The number of primary amides is 1. The van der Waals surface area contributed by atoms with Gasteiger partial charge in [-0.25, -0.2) is 4.79 Å². The average molecular weight is 486 g/mol. The summed E-state index contributed by atoms with van der Waals surface area (Å²) in [6.07, 6.45) is -3.03. The molecule has 2 saturated heterocycles. The molecule has 10 heteroatoms. The van der Waals surface area contributed by atoms with E-state index in [4.69, 9.17) is 11.0 Å². The first-order valence-corrected chi connectivity index (χ1v) is 11.3. The van der Waals surface area contributed by atoms with Crippen LogP contribution in [0.25, 0.3) is 0 Å². The lowest BCUT2D eigenvalue weighted by atomic mass is 9.76. The number of nitrogens with zero attached hydrogens (tertiary/aromatic N) is 3. The van der Waals surface area contributed by atoms with Crippen LogP contribution in [0.3, 0.4) is 0 Å². The second kappa shape index (κ2) is 9.13. The van der Waals surface area contributed by atoms with Crippen LogP contribution in [-0.4, -0.2) is 42.5 Å². The summed E-state index contributed by atoms with van der Waals surface area (Å²) in [5, 5.41) is 11.8. The highest BCUT2D eigenvalue weighted by Gasteiger charge is 2.49. The highest BCUT2D eigenvalue weighted by molar-refractivity contribution is 5.94. The van der Waals surface area contributed by atoms with Gasteiger partial charge in [0.25, 0.3) is 0 Å². The third-order valence-electron chi connectivity index (χ3n) is 7.02. The fourth-order valence-electron chi connectivity index (χ4n) is 5.02. The van der Waals surface area contributed by atoms with E-state index in [2.05, 4.69) is 5.32 Å². The Balaban J connectivity index is 1.47. The van der Waals surface area contributed by atoms with Crippen molar-refractivity contribution in [2.45, 2.75) is 38.4 Å². The molecule has 0 bridgehead atoms. The van der Waals surface area contributed by atoms with Crippen molar-refractivity contribution in [2.24, 2.45) is 11.1 Å². The number of urea groups is 1. The quantitative estimate of drug-likeness (QED) is 0.678. The van der Waals surface area contributed by atoms with Crippen LogP contribution < -0.4 is 16.0 Å². The van der Waals surface area contributed by atoms with E-state index in [9.17, 15) is 22.8 Å². The molecular formula is C25H26F3N5O2. The van der Waals surface area contributed by atoms with E-state index >= 15 is 0 Å². The average Bonchev–Trinajstić information content (AvgIpc) is 3.20. The van der Waals surface area contributed by atoms with Crippen molar-refractivity contribution in [3.05, 3.63) is 59.2 Å². The molecule has 0 saturated carbocycles. The van der Waals surface area contributed by atoms with Crippen molar-refractivity contribution in [3.63, 3.8) is 0 Å². The maximum absolute atomic E-state index is 13.4. The molecule has 2 aliphatic rings. The number of anilines is 2. The number of halogens is 3. The Hall–Kier alpha value is -3.74. The van der Waals surface area contributed by atoms with Crippen LogP contribution in [0.4, 0.5) is 29.3 Å². The first-order valence-electron chi connectivity index (χ1n) is 11.3. The molecule has 35 heavy (non-hydrogen) atoms. The zero-order valence-corrected chi connectivity index (χ0v) is 19.2. The number of hydrogen-bond donors (Lipinski definition) is 2. The van der Waals surface area contributed by atoms with Gasteiger partial charge in [0.05, 0.1) is 17.2 Å². The number of alkyl halides is 3. The molecular weight excluding hydrogens is 459 g/mol. The first kappa shape index (κ1) is 24.4. The molecule has 1 atom stereocenters. The number of aryl methyl sites for hydroxylation is 1. The molecule has 2 aromatic carbocycles. The number of nitrogens with one attached hydrogen (secondary N) is 1. The summed E-state index contributed by atoms with van der Waals surface area (Å²) in [7, 11) is 0. The normalized spacial score (nSPS) is 19.5. The topological polar surface area (TPSA) is 102 Å². The molecule has 2 aromatic rings. The third kappa shape index (κ3) is 5.04. The van der Waals surface area contributed by atoms with Gasteiger partial charge in [0, 0.05) is 31.0 Å². The maximum atomic E-state index is 13.4. The highest BCUT2D eigenvalue weighted by atomic mass is 19.4. The Morgan fingerprint density at radius 3 is 2.37 bits per heavy atom. The smallest absolute Gasteiger partial charge is 0.371 e. The Bertz CT molecular complexity index is 1170. The highest BCUT2D eigenvalue weighted by Crippen LogP contribution is 2.45. The Morgan fingerprint density at radius 2 is 1.80 bits per heavy atom. The first-order chi connectivity index (χ1) is 16.5. The standard InChI is InChI=1S/C25H26F3N5O2/c1-16-2-5-18(6-3-16)31-23(35)33-15-24(13-21(33)22(30)34)8-10-32(11-9-24)19-7-4-17(14-29)20(12-19)25(26,27)28/h2-7,12,21H,8-11,13,15H2,1H3,(H2,30,34)(H,31,35). The molecule has 7 nitrogen and oxygen atoms in total. The van der Waals surface area contributed by atoms with Crippen molar-refractivity contribution >= 4 is 23.3 Å². The fraction of sp³-hybridized carbons (Fsp3) is 0.400. The van der Waals surface area contributed by atoms with Gasteiger partial charge in [-0.1, -0.05) is 17.7 Å². The van der Waals surface area contributed by atoms with Crippen LogP contribution in [0.15, 0.2) is 42.5 Å². The van der Waals surface area contributed by atoms with Gasteiger partial charge < -0.3 is 20.9 Å². The summed E-state index contributed by atoms with van der Waals surface area (Å²) in [5.41, 5.74) is 5.97. The van der Waals surface area contributed by atoms with Gasteiger partial charge in [-0.05, 0) is 61.9 Å². The summed E-state index contributed by atoms with van der Waals surface area (Å²) in [5.74, 6) is -0.578. The summed E-state index contributed by atoms with van der Waals surface area (Å²) >= 11 is 0. The van der Waals surface area contributed by atoms with Gasteiger partial charge >= 0.3 is 12.2 Å². The summed E-state index contributed by atoms with van der Waals surface area (Å²) < 4.78 is 40.1. The molecule has 1 spiro atoms. The monoisotopic (exact) mass is 485 g/mol. The van der Waals surface area contributed by atoms with Crippen LogP contribution in [-0.2, 0) is 11.0 Å². The minimum atomic E-state index is -4.62. The fourth-order valence-corrected chi connectivity index (χ4v) is 5.02. The van der Waals surface area contributed by atoms with Crippen molar-refractivity contribution < 1.29 is 22.8 Å². The van der Waals surface area contributed by atoms with Gasteiger partial charge in [-0.3, -0.25) is 4.79 Å². The molecule has 0 aromatic heterocycles. The zero-order valence-electron chi connectivity index (χ0n) is 19.2. The minimum absolute atomic E-state index is 0.341. The number of hydrogen-bond acceptors (Lipinski definition) is 4. The van der Waals surface area contributed by atoms with E-state index in [1.165, 1.54) is 17.0 Å². The lowest BCUT2D eigenvalue weighted by Gasteiger charge is -2.40. The van der Waals surface area contributed by atoms with Gasteiger partial charge in [0.1, 0.15) is 6.04 Å². The lowest BCUT2D eigenvalue weighted by Crippen LogP contribution is -2.46. The summed E-state index contributed by atoms with van der Waals surface area (Å²) in [6.45, 7) is 3.20. The van der Waals surface area contributed by atoms with Crippen molar-refractivity contribution in [2.75, 3.05) is 29.9 Å². The van der Waals surface area contributed by atoms with Gasteiger partial charge in [0.2, 0.25) is 5.91 Å². The van der Waals surface area contributed by atoms with E-state index in [0.717, 1.165) is 11.6 Å². The third-order valence-corrected chi connectivity index (χ3v) is 7.02. The molecule has 0 aliphatic carbocycles. The van der Waals surface area contributed by atoms with Crippen LogP contribution in [0.2, 0.25) is 0 Å². The lowest BCUT2D eigenvalue weighted by molar-refractivity contribution is -0.137. The maximum Gasteiger partial charge on any atom is 0.417 e. The Kier molecular flexibility index (Phi) is 6.36. The number of likely N-dealkylation sites (tertiary alicyclic amines) is 1.